The molecule has 1 aromatic heterocycles. The second-order valence-corrected chi connectivity index (χ2v) is 5.69. The van der Waals surface area contributed by atoms with Crippen LogP contribution in [0.25, 0.3) is 0 Å². The van der Waals surface area contributed by atoms with Crippen LogP contribution < -0.4 is 4.74 Å². The van der Waals surface area contributed by atoms with Gasteiger partial charge < -0.3 is 9.84 Å². The summed E-state index contributed by atoms with van der Waals surface area (Å²) in [5.74, 6) is 0.800. The van der Waals surface area contributed by atoms with Crippen LogP contribution >= 0.6 is 0 Å². The van der Waals surface area contributed by atoms with Gasteiger partial charge in [-0.1, -0.05) is 18.2 Å². The van der Waals surface area contributed by atoms with E-state index in [0.29, 0.717) is 6.54 Å². The molecule has 24 heavy (non-hydrogen) atoms. The van der Waals surface area contributed by atoms with Crippen molar-refractivity contribution in [3.8, 4) is 5.75 Å². The summed E-state index contributed by atoms with van der Waals surface area (Å²) in [5, 5.41) is 24.8. The van der Waals surface area contributed by atoms with E-state index >= 15 is 0 Å². The lowest BCUT2D eigenvalue weighted by atomic mass is 10.1. The minimum atomic E-state index is -0.702. The molecular weight excluding hydrogens is 312 g/mol. The summed E-state index contributed by atoms with van der Waals surface area (Å²) in [5.41, 5.74) is 0.947. The van der Waals surface area contributed by atoms with Crippen molar-refractivity contribution in [2.75, 3.05) is 20.7 Å². The average Bonchev–Trinajstić information content (AvgIpc) is 3.02. The third-order valence-corrected chi connectivity index (χ3v) is 3.98. The van der Waals surface area contributed by atoms with E-state index in [9.17, 15) is 15.2 Å². The first kappa shape index (κ1) is 17.9. The van der Waals surface area contributed by atoms with Gasteiger partial charge >= 0.3 is 5.69 Å². The molecule has 0 amide bonds. The van der Waals surface area contributed by atoms with E-state index in [0.717, 1.165) is 11.3 Å². The lowest BCUT2D eigenvalue weighted by molar-refractivity contribution is -0.385. The van der Waals surface area contributed by atoms with Gasteiger partial charge in [-0.05, 0) is 20.0 Å². The van der Waals surface area contributed by atoms with Crippen LogP contribution in [0.1, 0.15) is 18.5 Å². The van der Waals surface area contributed by atoms with Gasteiger partial charge in [-0.3, -0.25) is 19.7 Å². The Hall–Kier alpha value is -2.45. The molecule has 2 atom stereocenters. The third kappa shape index (κ3) is 4.30. The van der Waals surface area contributed by atoms with Crippen LogP contribution in [-0.4, -0.2) is 51.5 Å². The monoisotopic (exact) mass is 334 g/mol. The molecule has 1 aromatic carbocycles. The number of aliphatic hydroxyl groups excluding tert-OH is 1. The van der Waals surface area contributed by atoms with Crippen molar-refractivity contribution in [2.45, 2.75) is 25.6 Å². The molecule has 2 rings (SSSR count). The molecule has 2 aromatic rings. The van der Waals surface area contributed by atoms with Crippen LogP contribution in [0.4, 0.5) is 5.69 Å². The molecule has 0 aliphatic rings. The van der Waals surface area contributed by atoms with Gasteiger partial charge in [0.05, 0.1) is 24.7 Å². The predicted molar refractivity (Wildman–Crippen MR) is 88.9 cm³/mol. The first-order valence-corrected chi connectivity index (χ1v) is 7.60. The Kier molecular flexibility index (Phi) is 5.88. The molecule has 0 aliphatic carbocycles. The molecule has 8 heteroatoms. The molecule has 2 unspecified atom stereocenters. The molecule has 0 spiro atoms. The van der Waals surface area contributed by atoms with E-state index in [-0.39, 0.29) is 18.3 Å². The average molecular weight is 334 g/mol. The number of hydrogen-bond acceptors (Lipinski definition) is 6. The standard InChI is InChI=1S/C16H22N4O4/c1-12(15-6-4-5-7-16(15)24-3)18(2)10-14(21)11-19-9-13(8-17-19)20(22)23/h4-9,12,14,21H,10-11H2,1-3H3. The highest BCUT2D eigenvalue weighted by Crippen LogP contribution is 2.28. The van der Waals surface area contributed by atoms with Gasteiger partial charge in [0.2, 0.25) is 0 Å². The Balaban J connectivity index is 1.97. The molecule has 0 radical (unpaired) electrons. The number of rotatable bonds is 8. The van der Waals surface area contributed by atoms with Gasteiger partial charge in [0, 0.05) is 18.2 Å². The van der Waals surface area contributed by atoms with Crippen LogP contribution in [0.2, 0.25) is 0 Å². The highest BCUT2D eigenvalue weighted by Gasteiger charge is 2.19. The predicted octanol–water partition coefficient (Wildman–Crippen LogP) is 1.85. The van der Waals surface area contributed by atoms with Crippen LogP contribution in [0, 0.1) is 10.1 Å². The number of hydrogen-bond donors (Lipinski definition) is 1. The van der Waals surface area contributed by atoms with Gasteiger partial charge in [-0.2, -0.15) is 5.10 Å². The van der Waals surface area contributed by atoms with Gasteiger partial charge in [0.25, 0.3) is 0 Å². The number of aliphatic hydroxyl groups is 1. The molecule has 0 saturated heterocycles. The molecular formula is C16H22N4O4. The third-order valence-electron chi connectivity index (χ3n) is 3.98. The lowest BCUT2D eigenvalue weighted by Gasteiger charge is -2.28. The first-order chi connectivity index (χ1) is 11.4. The number of para-hydroxylation sites is 1. The second-order valence-electron chi connectivity index (χ2n) is 5.69. The van der Waals surface area contributed by atoms with Gasteiger partial charge in [-0.25, -0.2) is 0 Å². The smallest absolute Gasteiger partial charge is 0.306 e. The summed E-state index contributed by atoms with van der Waals surface area (Å²) in [4.78, 5) is 12.1. The van der Waals surface area contributed by atoms with Crippen LogP contribution in [0.5, 0.6) is 5.75 Å². The highest BCUT2D eigenvalue weighted by atomic mass is 16.6. The molecule has 0 aliphatic heterocycles. The summed E-state index contributed by atoms with van der Waals surface area (Å²) in [7, 11) is 3.54. The topological polar surface area (TPSA) is 93.7 Å². The fourth-order valence-corrected chi connectivity index (χ4v) is 2.56. The summed E-state index contributed by atoms with van der Waals surface area (Å²) in [6.45, 7) is 2.62. The maximum absolute atomic E-state index is 10.7. The van der Waals surface area contributed by atoms with Crippen molar-refractivity contribution in [3.05, 3.63) is 52.3 Å². The molecule has 1 N–H and O–H groups in total. The zero-order valence-corrected chi connectivity index (χ0v) is 14.0. The van der Waals surface area contributed by atoms with Crippen molar-refractivity contribution in [3.63, 3.8) is 0 Å². The second kappa shape index (κ2) is 7.89. The number of ether oxygens (including phenoxy) is 1. The van der Waals surface area contributed by atoms with Crippen molar-refractivity contribution >= 4 is 5.69 Å². The summed E-state index contributed by atoms with van der Waals surface area (Å²) in [6.07, 6.45) is 1.78. The van der Waals surface area contributed by atoms with Gasteiger partial charge in [-0.15, -0.1) is 0 Å². The molecule has 0 saturated carbocycles. The summed E-state index contributed by atoms with van der Waals surface area (Å²) >= 11 is 0. The van der Waals surface area contributed by atoms with E-state index < -0.39 is 11.0 Å². The van der Waals surface area contributed by atoms with Gasteiger partial charge in [0.1, 0.15) is 18.1 Å². The number of aromatic nitrogens is 2. The van der Waals surface area contributed by atoms with Crippen LogP contribution in [-0.2, 0) is 6.54 Å². The molecule has 130 valence electrons. The van der Waals surface area contributed by atoms with Crippen LogP contribution in [0.15, 0.2) is 36.7 Å². The number of benzene rings is 1. The summed E-state index contributed by atoms with van der Waals surface area (Å²) in [6, 6.07) is 7.79. The maximum Gasteiger partial charge on any atom is 0.306 e. The number of methoxy groups -OCH3 is 1. The zero-order chi connectivity index (χ0) is 17.7. The quantitative estimate of drug-likeness (QED) is 0.585. The zero-order valence-electron chi connectivity index (χ0n) is 14.0. The fourth-order valence-electron chi connectivity index (χ4n) is 2.56. The van der Waals surface area contributed by atoms with E-state index in [1.807, 2.05) is 43.1 Å². The lowest BCUT2D eigenvalue weighted by Crippen LogP contribution is -2.34. The Bertz CT molecular complexity index is 688. The van der Waals surface area contributed by atoms with Crippen molar-refractivity contribution in [1.29, 1.82) is 0 Å². The van der Waals surface area contributed by atoms with Crippen LogP contribution in [0.3, 0.4) is 0 Å². The Morgan fingerprint density at radius 1 is 1.46 bits per heavy atom. The number of nitrogens with zero attached hydrogens (tertiary/aromatic N) is 4. The Morgan fingerprint density at radius 2 is 2.17 bits per heavy atom. The van der Waals surface area contributed by atoms with E-state index in [2.05, 4.69) is 5.10 Å². The number of likely N-dealkylation sites (N-methyl/N-ethyl adjacent to an activating group) is 1. The first-order valence-electron chi connectivity index (χ1n) is 7.60. The van der Waals surface area contributed by atoms with Crippen molar-refractivity contribution < 1.29 is 14.8 Å². The normalized spacial score (nSPS) is 13.7. The SMILES string of the molecule is COc1ccccc1C(C)N(C)CC(O)Cn1cc([N+](=O)[O-])cn1. The number of nitro groups is 1. The summed E-state index contributed by atoms with van der Waals surface area (Å²) < 4.78 is 6.75. The highest BCUT2D eigenvalue weighted by molar-refractivity contribution is 5.35. The molecule has 0 fully saturated rings. The molecule has 1 heterocycles. The van der Waals surface area contributed by atoms with E-state index in [4.69, 9.17) is 4.74 Å². The minimum Gasteiger partial charge on any atom is -0.496 e. The van der Waals surface area contributed by atoms with Crippen molar-refractivity contribution in [2.24, 2.45) is 0 Å². The molecule has 8 nitrogen and oxygen atoms in total. The largest absolute Gasteiger partial charge is 0.496 e. The minimum absolute atomic E-state index is 0.0442. The Morgan fingerprint density at radius 3 is 2.79 bits per heavy atom. The Labute approximate surface area is 140 Å². The van der Waals surface area contributed by atoms with Crippen molar-refractivity contribution in [1.82, 2.24) is 14.7 Å². The fraction of sp³-hybridized carbons (Fsp3) is 0.438. The van der Waals surface area contributed by atoms with Gasteiger partial charge in [0.15, 0.2) is 0 Å². The maximum atomic E-state index is 10.7. The van der Waals surface area contributed by atoms with E-state index in [1.165, 1.54) is 17.1 Å². The van der Waals surface area contributed by atoms with E-state index in [1.54, 1.807) is 7.11 Å². The molecule has 0 bridgehead atoms.